The summed E-state index contributed by atoms with van der Waals surface area (Å²) < 4.78 is 0. The number of carbonyl (C=O) groups is 1. The molecular formula is C5H7BrOY-2. The summed E-state index contributed by atoms with van der Waals surface area (Å²) in [5, 5.41) is 0. The molecule has 0 N–H and O–H groups in total. The minimum atomic E-state index is -0.222. The van der Waals surface area contributed by atoms with E-state index in [4.69, 9.17) is 0 Å². The Morgan fingerprint density at radius 1 is 1.50 bits per heavy atom. The minimum absolute atomic E-state index is 0. The van der Waals surface area contributed by atoms with Gasteiger partial charge in [-0.3, -0.25) is 0 Å². The monoisotopic (exact) mass is 251 g/mol. The van der Waals surface area contributed by atoms with Crippen LogP contribution in [-0.4, -0.2) is 11.1 Å². The second kappa shape index (κ2) is 6.38. The molecule has 0 aliphatic heterocycles. The minimum Gasteiger partial charge on any atom is -0.335 e. The fraction of sp³-hybridized carbons (Fsp3) is 0.400. The average Bonchev–Trinajstić information content (AvgIpc) is 1.65. The van der Waals surface area contributed by atoms with E-state index in [1.807, 2.05) is 0 Å². The maximum absolute atomic E-state index is 9.81. The van der Waals surface area contributed by atoms with Gasteiger partial charge in [-0.1, -0.05) is 0 Å². The summed E-state index contributed by atoms with van der Waals surface area (Å²) in [6.45, 7) is 7.01. The van der Waals surface area contributed by atoms with Gasteiger partial charge in [0.1, 0.15) is 0 Å². The topological polar surface area (TPSA) is 17.1 Å². The molecule has 8 heavy (non-hydrogen) atoms. The molecule has 1 nitrogen and oxygen atoms in total. The van der Waals surface area contributed by atoms with Gasteiger partial charge in [-0.25, -0.2) is 0 Å². The van der Waals surface area contributed by atoms with E-state index in [1.54, 1.807) is 0 Å². The zero-order valence-electron chi connectivity index (χ0n) is 4.51. The SMILES string of the molecule is [CH2-]C(Br)C([CH2-])C=O.[Y]. The number of hydrogen-bond donors (Lipinski definition) is 0. The van der Waals surface area contributed by atoms with Gasteiger partial charge in [0.05, 0.1) is 6.29 Å². The number of rotatable bonds is 2. The van der Waals surface area contributed by atoms with Crippen LogP contribution >= 0.6 is 15.9 Å². The number of carbonyl (C=O) groups excluding carboxylic acids is 1. The molecule has 0 saturated carbocycles. The molecule has 0 bridgehead atoms. The van der Waals surface area contributed by atoms with Crippen molar-refractivity contribution in [2.45, 2.75) is 4.83 Å². The van der Waals surface area contributed by atoms with Crippen LogP contribution < -0.4 is 0 Å². The van der Waals surface area contributed by atoms with Crippen molar-refractivity contribution in [3.05, 3.63) is 13.8 Å². The van der Waals surface area contributed by atoms with Crippen LogP contribution in [0.2, 0.25) is 0 Å². The second-order valence-corrected chi connectivity index (χ2v) is 2.49. The zero-order valence-corrected chi connectivity index (χ0v) is 8.93. The van der Waals surface area contributed by atoms with Crippen molar-refractivity contribution in [1.82, 2.24) is 0 Å². The first-order chi connectivity index (χ1) is 3.18. The molecule has 45 valence electrons. The maximum Gasteiger partial charge on any atom is 0.0913 e. The van der Waals surface area contributed by atoms with Crippen LogP contribution in [0, 0.1) is 19.8 Å². The first-order valence-corrected chi connectivity index (χ1v) is 2.85. The van der Waals surface area contributed by atoms with Crippen LogP contribution in [0.4, 0.5) is 0 Å². The molecule has 2 unspecified atom stereocenters. The molecule has 0 aliphatic carbocycles. The number of halogens is 1. The van der Waals surface area contributed by atoms with Crippen molar-refractivity contribution in [1.29, 1.82) is 0 Å². The van der Waals surface area contributed by atoms with Crippen molar-refractivity contribution >= 4 is 22.2 Å². The molecule has 0 spiro atoms. The fourth-order valence-electron chi connectivity index (χ4n) is 0.0853. The van der Waals surface area contributed by atoms with Crippen LogP contribution in [0.25, 0.3) is 0 Å². The molecule has 0 aromatic heterocycles. The van der Waals surface area contributed by atoms with Crippen LogP contribution in [0.15, 0.2) is 0 Å². The Balaban J connectivity index is 0. The molecule has 0 amide bonds. The fourth-order valence-corrected chi connectivity index (χ4v) is 0.210. The smallest absolute Gasteiger partial charge is 0.0913 e. The summed E-state index contributed by atoms with van der Waals surface area (Å²) in [6, 6.07) is 0. The Morgan fingerprint density at radius 3 is 1.88 bits per heavy atom. The standard InChI is InChI=1S/C5H7BrO.Y/c1-4(3-7)5(2)6;/h3-5H,1-2H2;/q-2;. The van der Waals surface area contributed by atoms with E-state index in [0.717, 1.165) is 6.29 Å². The number of alkyl halides is 1. The first-order valence-electron chi connectivity index (χ1n) is 1.94. The van der Waals surface area contributed by atoms with Crippen LogP contribution in [0.1, 0.15) is 0 Å². The quantitative estimate of drug-likeness (QED) is 0.410. The van der Waals surface area contributed by atoms with Crippen molar-refractivity contribution in [3.8, 4) is 0 Å². The average molecular weight is 252 g/mol. The molecule has 0 aromatic carbocycles. The third kappa shape index (κ3) is 5.39. The third-order valence-corrected chi connectivity index (χ3v) is 1.32. The molecular weight excluding hydrogens is 245 g/mol. The predicted octanol–water partition coefficient (Wildman–Crippen LogP) is 1.23. The summed E-state index contributed by atoms with van der Waals surface area (Å²) >= 11 is 3.10. The molecule has 0 saturated heterocycles. The summed E-state index contributed by atoms with van der Waals surface area (Å²) in [7, 11) is 0. The summed E-state index contributed by atoms with van der Waals surface area (Å²) in [4.78, 5) is 9.76. The van der Waals surface area contributed by atoms with Crippen LogP contribution in [-0.2, 0) is 37.5 Å². The second-order valence-electron chi connectivity index (χ2n) is 1.32. The molecule has 2 atom stereocenters. The van der Waals surface area contributed by atoms with Gasteiger partial charge in [0, 0.05) is 32.7 Å². The van der Waals surface area contributed by atoms with Gasteiger partial charge in [-0.15, -0.1) is 26.7 Å². The van der Waals surface area contributed by atoms with Crippen LogP contribution in [0.3, 0.4) is 0 Å². The zero-order chi connectivity index (χ0) is 5.86. The molecule has 0 heterocycles. The van der Waals surface area contributed by atoms with E-state index in [-0.39, 0.29) is 43.5 Å². The van der Waals surface area contributed by atoms with Crippen molar-refractivity contribution in [3.63, 3.8) is 0 Å². The summed E-state index contributed by atoms with van der Waals surface area (Å²) in [5.41, 5.74) is 0. The van der Waals surface area contributed by atoms with Crippen molar-refractivity contribution < 1.29 is 37.5 Å². The van der Waals surface area contributed by atoms with E-state index in [0.29, 0.717) is 0 Å². The van der Waals surface area contributed by atoms with Gasteiger partial charge in [0.25, 0.3) is 0 Å². The van der Waals surface area contributed by atoms with Gasteiger partial charge < -0.3 is 18.6 Å². The molecule has 1 radical (unpaired) electrons. The third-order valence-electron chi connectivity index (χ3n) is 0.639. The van der Waals surface area contributed by atoms with Gasteiger partial charge in [-0.2, -0.15) is 0 Å². The van der Waals surface area contributed by atoms with Gasteiger partial charge in [0.2, 0.25) is 0 Å². The van der Waals surface area contributed by atoms with Crippen molar-refractivity contribution in [2.75, 3.05) is 0 Å². The number of hydrogen-bond acceptors (Lipinski definition) is 1. The summed E-state index contributed by atoms with van der Waals surface area (Å²) in [5.74, 6) is -0.222. The largest absolute Gasteiger partial charge is 0.335 e. The molecule has 0 aromatic rings. The van der Waals surface area contributed by atoms with E-state index < -0.39 is 0 Å². The molecule has 0 rings (SSSR count). The predicted molar refractivity (Wildman–Crippen MR) is 33.0 cm³/mol. The van der Waals surface area contributed by atoms with E-state index >= 15 is 0 Å². The Hall–Kier alpha value is 1.25. The Morgan fingerprint density at radius 2 is 1.88 bits per heavy atom. The first kappa shape index (κ1) is 12.0. The molecule has 0 fully saturated rings. The molecule has 0 aliphatic rings. The molecule has 3 heteroatoms. The van der Waals surface area contributed by atoms with Gasteiger partial charge in [0.15, 0.2) is 0 Å². The Labute approximate surface area is 83.6 Å². The van der Waals surface area contributed by atoms with E-state index in [9.17, 15) is 4.79 Å². The van der Waals surface area contributed by atoms with E-state index in [2.05, 4.69) is 29.8 Å². The Bertz CT molecular complexity index is 65.4. The van der Waals surface area contributed by atoms with Crippen molar-refractivity contribution in [2.24, 2.45) is 5.92 Å². The summed E-state index contributed by atoms with van der Waals surface area (Å²) in [6.07, 6.45) is 0.770. The van der Waals surface area contributed by atoms with Gasteiger partial charge in [-0.05, 0) is 0 Å². The maximum atomic E-state index is 9.81. The normalized spacial score (nSPS) is 15.9. The van der Waals surface area contributed by atoms with E-state index in [1.165, 1.54) is 0 Å². The Kier molecular flexibility index (Phi) is 9.55. The number of aldehydes is 1. The van der Waals surface area contributed by atoms with Crippen LogP contribution in [0.5, 0.6) is 0 Å². The van der Waals surface area contributed by atoms with Gasteiger partial charge >= 0.3 is 0 Å².